The number of benzene rings is 1. The van der Waals surface area contributed by atoms with Gasteiger partial charge >= 0.3 is 0 Å². The van der Waals surface area contributed by atoms with Crippen LogP contribution < -0.4 is 5.73 Å². The number of nitrogens with two attached hydrogens (primary N) is 1. The first-order chi connectivity index (χ1) is 8.49. The summed E-state index contributed by atoms with van der Waals surface area (Å²) in [5.74, 6) is 0.395. The van der Waals surface area contributed by atoms with Gasteiger partial charge in [-0.1, -0.05) is 26.3 Å². The van der Waals surface area contributed by atoms with E-state index in [0.717, 1.165) is 18.5 Å². The van der Waals surface area contributed by atoms with E-state index in [2.05, 4.69) is 41.7 Å². The lowest BCUT2D eigenvalue weighted by atomic mass is 10.0. The van der Waals surface area contributed by atoms with Gasteiger partial charge in [0, 0.05) is 19.1 Å². The summed E-state index contributed by atoms with van der Waals surface area (Å²) in [5.41, 5.74) is 6.91. The molecule has 0 radical (unpaired) electrons. The van der Waals surface area contributed by atoms with Crippen molar-refractivity contribution in [3.05, 3.63) is 34.1 Å². The first-order valence-corrected chi connectivity index (χ1v) is 7.14. The van der Waals surface area contributed by atoms with E-state index in [4.69, 9.17) is 5.73 Å². The fraction of sp³-hybridized carbons (Fsp3) is 0.571. The van der Waals surface area contributed by atoms with Crippen LogP contribution in [-0.4, -0.2) is 25.0 Å². The molecule has 0 aliphatic rings. The van der Waals surface area contributed by atoms with Crippen molar-refractivity contribution in [1.82, 2.24) is 4.90 Å². The third-order valence-electron chi connectivity index (χ3n) is 3.38. The fourth-order valence-corrected chi connectivity index (χ4v) is 2.43. The number of halogens is 2. The van der Waals surface area contributed by atoms with Gasteiger partial charge in [-0.2, -0.15) is 0 Å². The minimum absolute atomic E-state index is 0.135. The minimum Gasteiger partial charge on any atom is -0.329 e. The average Bonchev–Trinajstić information content (AvgIpc) is 2.34. The largest absolute Gasteiger partial charge is 0.329 e. The van der Waals surface area contributed by atoms with Gasteiger partial charge in [-0.3, -0.25) is 4.90 Å². The number of rotatable bonds is 6. The molecule has 1 aromatic rings. The van der Waals surface area contributed by atoms with Crippen LogP contribution in [0.5, 0.6) is 0 Å². The molecule has 0 fully saturated rings. The lowest BCUT2D eigenvalue weighted by Crippen LogP contribution is -2.33. The van der Waals surface area contributed by atoms with Crippen LogP contribution in [0.2, 0.25) is 0 Å². The molecule has 0 amide bonds. The zero-order chi connectivity index (χ0) is 13.7. The Hall–Kier alpha value is -0.450. The van der Waals surface area contributed by atoms with Crippen LogP contribution in [0.1, 0.15) is 31.9 Å². The van der Waals surface area contributed by atoms with Gasteiger partial charge in [-0.15, -0.1) is 0 Å². The number of hydrogen-bond donors (Lipinski definition) is 1. The van der Waals surface area contributed by atoms with Crippen molar-refractivity contribution in [2.45, 2.75) is 26.3 Å². The molecule has 4 heteroatoms. The van der Waals surface area contributed by atoms with Crippen LogP contribution in [0.3, 0.4) is 0 Å². The first-order valence-electron chi connectivity index (χ1n) is 6.34. The number of likely N-dealkylation sites (N-methyl/N-ethyl adjacent to an activating group) is 1. The summed E-state index contributed by atoms with van der Waals surface area (Å²) >= 11 is 3.22. The van der Waals surface area contributed by atoms with Crippen LogP contribution in [0.15, 0.2) is 22.7 Å². The molecule has 18 heavy (non-hydrogen) atoms. The van der Waals surface area contributed by atoms with Gasteiger partial charge in [-0.05, 0) is 46.6 Å². The maximum absolute atomic E-state index is 13.2. The second-order valence-corrected chi connectivity index (χ2v) is 5.73. The Balaban J connectivity index is 2.84. The molecular formula is C14H22BrFN2. The monoisotopic (exact) mass is 316 g/mol. The van der Waals surface area contributed by atoms with Gasteiger partial charge in [0.1, 0.15) is 5.82 Å². The standard InChI is InChI=1S/C14H22BrFN2/c1-4-10(2)9-18(3)14(8-17)11-5-6-13(16)12(15)7-11/h5-7,10,14H,4,8-9,17H2,1-3H3. The fourth-order valence-electron chi connectivity index (χ4n) is 2.04. The normalized spacial score (nSPS) is 14.8. The highest BCUT2D eigenvalue weighted by molar-refractivity contribution is 9.10. The van der Waals surface area contributed by atoms with E-state index in [-0.39, 0.29) is 11.9 Å². The van der Waals surface area contributed by atoms with Crippen LogP contribution >= 0.6 is 15.9 Å². The number of hydrogen-bond acceptors (Lipinski definition) is 2. The molecule has 1 rings (SSSR count). The molecule has 2 atom stereocenters. The Labute approximate surface area is 117 Å². The maximum atomic E-state index is 13.2. The van der Waals surface area contributed by atoms with Gasteiger partial charge in [0.15, 0.2) is 0 Å². The summed E-state index contributed by atoms with van der Waals surface area (Å²) in [6.45, 7) is 5.94. The number of nitrogens with zero attached hydrogens (tertiary/aromatic N) is 1. The molecule has 0 aliphatic heterocycles. The molecule has 0 aromatic heterocycles. The smallest absolute Gasteiger partial charge is 0.137 e. The Morgan fingerprint density at radius 3 is 2.61 bits per heavy atom. The summed E-state index contributed by atoms with van der Waals surface area (Å²) in [6.07, 6.45) is 1.15. The van der Waals surface area contributed by atoms with E-state index in [1.165, 1.54) is 6.07 Å². The second-order valence-electron chi connectivity index (χ2n) is 4.88. The van der Waals surface area contributed by atoms with Gasteiger partial charge in [0.25, 0.3) is 0 Å². The quantitative estimate of drug-likeness (QED) is 0.869. The van der Waals surface area contributed by atoms with E-state index in [1.807, 2.05) is 12.1 Å². The molecule has 0 saturated carbocycles. The third kappa shape index (κ3) is 4.04. The molecule has 2 unspecified atom stereocenters. The van der Waals surface area contributed by atoms with Crippen LogP contribution in [0.4, 0.5) is 4.39 Å². The zero-order valence-corrected chi connectivity index (χ0v) is 12.9. The summed E-state index contributed by atoms with van der Waals surface area (Å²) in [4.78, 5) is 2.24. The highest BCUT2D eigenvalue weighted by Crippen LogP contribution is 2.24. The molecule has 0 aliphatic carbocycles. The summed E-state index contributed by atoms with van der Waals surface area (Å²) < 4.78 is 13.7. The predicted molar refractivity (Wildman–Crippen MR) is 78.0 cm³/mol. The van der Waals surface area contributed by atoms with Crippen molar-refractivity contribution >= 4 is 15.9 Å². The molecule has 0 saturated heterocycles. The topological polar surface area (TPSA) is 29.3 Å². The van der Waals surface area contributed by atoms with Crippen molar-refractivity contribution in [1.29, 1.82) is 0 Å². The van der Waals surface area contributed by atoms with E-state index in [0.29, 0.717) is 16.9 Å². The van der Waals surface area contributed by atoms with Gasteiger partial charge in [0.2, 0.25) is 0 Å². The van der Waals surface area contributed by atoms with Crippen LogP contribution in [0.25, 0.3) is 0 Å². The first kappa shape index (κ1) is 15.6. The van der Waals surface area contributed by atoms with E-state index in [1.54, 1.807) is 0 Å². The highest BCUT2D eigenvalue weighted by atomic mass is 79.9. The Kier molecular flexibility index (Phi) is 6.26. The summed E-state index contributed by atoms with van der Waals surface area (Å²) in [5, 5.41) is 0. The SMILES string of the molecule is CCC(C)CN(C)C(CN)c1ccc(F)c(Br)c1. The van der Waals surface area contributed by atoms with Gasteiger partial charge < -0.3 is 5.73 Å². The summed E-state index contributed by atoms with van der Waals surface area (Å²) in [6, 6.07) is 5.25. The Morgan fingerprint density at radius 1 is 1.44 bits per heavy atom. The molecule has 102 valence electrons. The Morgan fingerprint density at radius 2 is 2.11 bits per heavy atom. The van der Waals surface area contributed by atoms with Crippen molar-refractivity contribution in [3.8, 4) is 0 Å². The molecule has 0 bridgehead atoms. The van der Waals surface area contributed by atoms with E-state index in [9.17, 15) is 4.39 Å². The Bertz CT molecular complexity index is 384. The molecule has 0 spiro atoms. The van der Waals surface area contributed by atoms with Crippen LogP contribution in [0, 0.1) is 11.7 Å². The molecule has 0 heterocycles. The lowest BCUT2D eigenvalue weighted by molar-refractivity contribution is 0.215. The average molecular weight is 317 g/mol. The van der Waals surface area contributed by atoms with E-state index >= 15 is 0 Å². The third-order valence-corrected chi connectivity index (χ3v) is 3.99. The minimum atomic E-state index is -0.237. The van der Waals surface area contributed by atoms with Crippen molar-refractivity contribution in [2.24, 2.45) is 11.7 Å². The van der Waals surface area contributed by atoms with Crippen molar-refractivity contribution in [3.63, 3.8) is 0 Å². The maximum Gasteiger partial charge on any atom is 0.137 e. The molecule has 2 nitrogen and oxygen atoms in total. The van der Waals surface area contributed by atoms with Crippen molar-refractivity contribution in [2.75, 3.05) is 20.1 Å². The summed E-state index contributed by atoms with van der Waals surface area (Å²) in [7, 11) is 2.07. The van der Waals surface area contributed by atoms with Gasteiger partial charge in [0.05, 0.1) is 4.47 Å². The lowest BCUT2D eigenvalue weighted by Gasteiger charge is -2.29. The van der Waals surface area contributed by atoms with E-state index < -0.39 is 0 Å². The zero-order valence-electron chi connectivity index (χ0n) is 11.3. The highest BCUT2D eigenvalue weighted by Gasteiger charge is 2.17. The second kappa shape index (κ2) is 7.22. The molecular weight excluding hydrogens is 295 g/mol. The van der Waals surface area contributed by atoms with Crippen molar-refractivity contribution < 1.29 is 4.39 Å². The predicted octanol–water partition coefficient (Wildman–Crippen LogP) is 3.57. The van der Waals surface area contributed by atoms with Gasteiger partial charge in [-0.25, -0.2) is 4.39 Å². The van der Waals surface area contributed by atoms with Crippen LogP contribution in [-0.2, 0) is 0 Å². The molecule has 2 N–H and O–H groups in total. The molecule has 1 aromatic carbocycles.